The summed E-state index contributed by atoms with van der Waals surface area (Å²) >= 11 is 1.73. The zero-order valence-corrected chi connectivity index (χ0v) is 11.5. The lowest BCUT2D eigenvalue weighted by molar-refractivity contribution is 0.535. The fourth-order valence-corrected chi connectivity index (χ4v) is 1.99. The summed E-state index contributed by atoms with van der Waals surface area (Å²) < 4.78 is 1.93. The van der Waals surface area contributed by atoms with E-state index in [0.29, 0.717) is 6.04 Å². The summed E-state index contributed by atoms with van der Waals surface area (Å²) in [5.74, 6) is 5.23. The summed E-state index contributed by atoms with van der Waals surface area (Å²) in [4.78, 5) is 0. The highest BCUT2D eigenvalue weighted by atomic mass is 32.2. The van der Waals surface area contributed by atoms with E-state index in [4.69, 9.17) is 12.2 Å². The van der Waals surface area contributed by atoms with Crippen molar-refractivity contribution >= 4 is 23.3 Å². The summed E-state index contributed by atoms with van der Waals surface area (Å²) in [6.07, 6.45) is 5.19. The molecular weight excluding hydrogens is 232 g/mol. The molecule has 1 rings (SSSR count). The first-order chi connectivity index (χ1) is 8.07. The van der Waals surface area contributed by atoms with Crippen LogP contribution in [0.2, 0.25) is 0 Å². The number of nitrogen functional groups attached to an aromatic ring is 1. The number of nitrogens with two attached hydrogens (primary N) is 1. The van der Waals surface area contributed by atoms with Gasteiger partial charge in [0.2, 0.25) is 0 Å². The van der Waals surface area contributed by atoms with Crippen LogP contribution < -0.4 is 11.1 Å². The zero-order valence-electron chi connectivity index (χ0n) is 10.7. The van der Waals surface area contributed by atoms with Gasteiger partial charge in [-0.05, 0) is 20.8 Å². The number of aryl methyl sites for hydroxylation is 1. The number of rotatable bonds is 6. The van der Waals surface area contributed by atoms with Gasteiger partial charge >= 0.3 is 0 Å². The lowest BCUT2D eigenvalue weighted by atomic mass is 10.3. The van der Waals surface area contributed by atoms with Crippen molar-refractivity contribution in [1.82, 2.24) is 9.78 Å². The maximum atomic E-state index is 6.00. The van der Waals surface area contributed by atoms with Crippen molar-refractivity contribution in [2.24, 2.45) is 0 Å². The van der Waals surface area contributed by atoms with Gasteiger partial charge < -0.3 is 11.1 Å². The Labute approximate surface area is 107 Å². The Morgan fingerprint density at radius 3 is 2.88 bits per heavy atom. The third-order valence-electron chi connectivity index (χ3n) is 2.35. The average molecular weight is 252 g/mol. The number of hydrogen-bond donors (Lipinski definition) is 2. The van der Waals surface area contributed by atoms with Crippen molar-refractivity contribution in [3.63, 3.8) is 0 Å². The van der Waals surface area contributed by atoms with E-state index < -0.39 is 0 Å². The van der Waals surface area contributed by atoms with Gasteiger partial charge in [0.25, 0.3) is 0 Å². The van der Waals surface area contributed by atoms with E-state index in [1.807, 2.05) is 11.6 Å². The third-order valence-corrected chi connectivity index (χ3v) is 3.21. The molecule has 0 aromatic carbocycles. The van der Waals surface area contributed by atoms with Crippen molar-refractivity contribution in [2.45, 2.75) is 26.8 Å². The molecule has 0 aliphatic carbocycles. The Hall–Kier alpha value is -1.28. The number of nitrogens with zero attached hydrogens (tertiary/aromatic N) is 2. The molecule has 1 aromatic heterocycles. The van der Waals surface area contributed by atoms with Gasteiger partial charge in [-0.2, -0.15) is 5.10 Å². The lowest BCUT2D eigenvalue weighted by Crippen LogP contribution is -2.13. The van der Waals surface area contributed by atoms with Gasteiger partial charge in [0.1, 0.15) is 5.82 Å². The van der Waals surface area contributed by atoms with Crippen LogP contribution in [-0.2, 0) is 0 Å². The second kappa shape index (κ2) is 6.45. The minimum absolute atomic E-state index is 0.298. The fraction of sp³-hybridized carbons (Fsp3) is 0.583. The molecule has 17 heavy (non-hydrogen) atoms. The molecule has 0 atom stereocenters. The van der Waals surface area contributed by atoms with Crippen LogP contribution in [0.5, 0.6) is 0 Å². The number of hydrogen-bond acceptors (Lipinski definition) is 4. The highest BCUT2D eigenvalue weighted by Gasteiger charge is 2.13. The standard InChI is InChI=1S/C12H20N4S/c1-5-7-17-8-6-14-12-11(13)10(4)15-16(12)9(2)3/h1,9,14H,6-8,13H2,2-4H3. The molecule has 0 radical (unpaired) electrons. The molecule has 0 aliphatic heterocycles. The summed E-state index contributed by atoms with van der Waals surface area (Å²) in [5.41, 5.74) is 7.61. The van der Waals surface area contributed by atoms with Crippen molar-refractivity contribution in [3.05, 3.63) is 5.69 Å². The quantitative estimate of drug-likeness (QED) is 0.601. The first-order valence-corrected chi connectivity index (χ1v) is 6.83. The first kappa shape index (κ1) is 13.8. The molecule has 1 aromatic rings. The van der Waals surface area contributed by atoms with Crippen molar-refractivity contribution < 1.29 is 0 Å². The maximum Gasteiger partial charge on any atom is 0.148 e. The van der Waals surface area contributed by atoms with Gasteiger partial charge in [0.15, 0.2) is 0 Å². The number of anilines is 2. The SMILES string of the molecule is C#CCSCCNc1c(N)c(C)nn1C(C)C. The van der Waals surface area contributed by atoms with Crippen LogP contribution in [0.15, 0.2) is 0 Å². The van der Waals surface area contributed by atoms with Gasteiger partial charge in [-0.25, -0.2) is 4.68 Å². The summed E-state index contributed by atoms with van der Waals surface area (Å²) in [6, 6.07) is 0.298. The summed E-state index contributed by atoms with van der Waals surface area (Å²) in [7, 11) is 0. The van der Waals surface area contributed by atoms with Crippen LogP contribution >= 0.6 is 11.8 Å². The van der Waals surface area contributed by atoms with Gasteiger partial charge in [-0.3, -0.25) is 0 Å². The van der Waals surface area contributed by atoms with E-state index in [9.17, 15) is 0 Å². The Morgan fingerprint density at radius 1 is 1.59 bits per heavy atom. The number of nitrogens with one attached hydrogen (secondary N) is 1. The topological polar surface area (TPSA) is 55.9 Å². The number of aromatic nitrogens is 2. The molecule has 0 unspecified atom stereocenters. The molecule has 0 aliphatic rings. The normalized spacial score (nSPS) is 10.5. The van der Waals surface area contributed by atoms with Crippen molar-refractivity contribution in [1.29, 1.82) is 0 Å². The van der Waals surface area contributed by atoms with Crippen LogP contribution in [0.25, 0.3) is 0 Å². The average Bonchev–Trinajstić information content (AvgIpc) is 2.57. The van der Waals surface area contributed by atoms with Gasteiger partial charge in [0.05, 0.1) is 17.1 Å². The van der Waals surface area contributed by atoms with Gasteiger partial charge in [-0.15, -0.1) is 18.2 Å². The summed E-state index contributed by atoms with van der Waals surface area (Å²) in [5, 5.41) is 7.74. The largest absolute Gasteiger partial charge is 0.394 e. The highest BCUT2D eigenvalue weighted by molar-refractivity contribution is 7.99. The molecule has 0 spiro atoms. The van der Waals surface area contributed by atoms with Crippen molar-refractivity contribution in [3.8, 4) is 12.3 Å². The monoisotopic (exact) mass is 252 g/mol. The van der Waals surface area contributed by atoms with Gasteiger partial charge in [0, 0.05) is 18.3 Å². The van der Waals surface area contributed by atoms with E-state index >= 15 is 0 Å². The summed E-state index contributed by atoms with van der Waals surface area (Å²) in [6.45, 7) is 6.94. The zero-order chi connectivity index (χ0) is 12.8. The van der Waals surface area contributed by atoms with Crippen LogP contribution in [0.1, 0.15) is 25.6 Å². The first-order valence-electron chi connectivity index (χ1n) is 5.67. The molecule has 0 saturated heterocycles. The van der Waals surface area contributed by atoms with E-state index in [1.165, 1.54) is 0 Å². The van der Waals surface area contributed by atoms with E-state index in [2.05, 4.69) is 30.2 Å². The molecule has 0 amide bonds. The lowest BCUT2D eigenvalue weighted by Gasteiger charge is -2.13. The van der Waals surface area contributed by atoms with E-state index in [1.54, 1.807) is 11.8 Å². The van der Waals surface area contributed by atoms with Crippen LogP contribution in [-0.4, -0.2) is 27.8 Å². The Bertz CT molecular complexity index is 403. The molecule has 1 heterocycles. The van der Waals surface area contributed by atoms with Crippen LogP contribution in [0, 0.1) is 19.3 Å². The van der Waals surface area contributed by atoms with E-state index in [-0.39, 0.29) is 0 Å². The molecule has 0 saturated carbocycles. The molecule has 5 heteroatoms. The second-order valence-corrected chi connectivity index (χ2v) is 5.17. The minimum Gasteiger partial charge on any atom is -0.394 e. The Morgan fingerprint density at radius 2 is 2.29 bits per heavy atom. The molecule has 3 N–H and O–H groups in total. The molecule has 0 bridgehead atoms. The third kappa shape index (κ3) is 3.60. The Balaban J connectivity index is 2.60. The number of thioether (sulfide) groups is 1. The predicted molar refractivity (Wildman–Crippen MR) is 76.4 cm³/mol. The molecular formula is C12H20N4S. The number of terminal acetylenes is 1. The van der Waals surface area contributed by atoms with Crippen LogP contribution in [0.4, 0.5) is 11.5 Å². The smallest absolute Gasteiger partial charge is 0.148 e. The molecule has 4 nitrogen and oxygen atoms in total. The fourth-order valence-electron chi connectivity index (χ4n) is 1.48. The molecule has 94 valence electrons. The predicted octanol–water partition coefficient (Wildman–Crippen LogP) is 2.13. The molecule has 0 fully saturated rings. The van der Waals surface area contributed by atoms with Crippen molar-refractivity contribution in [2.75, 3.05) is 29.1 Å². The second-order valence-electron chi connectivity index (χ2n) is 4.07. The van der Waals surface area contributed by atoms with Gasteiger partial charge in [-0.1, -0.05) is 5.92 Å². The highest BCUT2D eigenvalue weighted by Crippen LogP contribution is 2.25. The van der Waals surface area contributed by atoms with E-state index in [0.717, 1.165) is 35.2 Å². The van der Waals surface area contributed by atoms with Crippen LogP contribution in [0.3, 0.4) is 0 Å². The minimum atomic E-state index is 0.298. The maximum absolute atomic E-state index is 6.00. The Kier molecular flexibility index (Phi) is 5.23.